The highest BCUT2D eigenvalue weighted by molar-refractivity contribution is 8.16. The number of carbonyl (C=O) groups is 2. The maximum absolute atomic E-state index is 12.6. The minimum absolute atomic E-state index is 0.0484. The van der Waals surface area contributed by atoms with Crippen LogP contribution in [0.2, 0.25) is 0 Å². The van der Waals surface area contributed by atoms with Gasteiger partial charge in [-0.05, 0) is 37.6 Å². The van der Waals surface area contributed by atoms with Gasteiger partial charge in [-0.3, -0.25) is 24.6 Å². The monoisotopic (exact) mass is 400 g/mol. The number of anilines is 1. The Hall–Kier alpha value is -3.40. The van der Waals surface area contributed by atoms with E-state index in [9.17, 15) is 24.8 Å². The van der Waals surface area contributed by atoms with Gasteiger partial charge in [0.2, 0.25) is 5.91 Å². The highest BCUT2D eigenvalue weighted by Gasteiger charge is 2.37. The highest BCUT2D eigenvalue weighted by Crippen LogP contribution is 2.34. The van der Waals surface area contributed by atoms with E-state index in [1.165, 1.54) is 35.2 Å². The van der Waals surface area contributed by atoms with Crippen LogP contribution in [0.25, 0.3) is 0 Å². The third-order valence-electron chi connectivity index (χ3n) is 4.08. The average molecular weight is 400 g/mol. The molecule has 144 valence electrons. The summed E-state index contributed by atoms with van der Waals surface area (Å²) in [5.74, 6) is -1.07. The zero-order valence-corrected chi connectivity index (χ0v) is 15.8. The number of hydrogen-bond acceptors (Lipinski definition) is 7. The number of non-ortho nitro benzene ring substituents is 1. The third-order valence-corrected chi connectivity index (χ3v) is 5.12. The van der Waals surface area contributed by atoms with Gasteiger partial charge >= 0.3 is 0 Å². The number of phenolic OH excluding ortho intramolecular Hbond substituents is 1. The van der Waals surface area contributed by atoms with E-state index in [1.54, 1.807) is 26.0 Å². The van der Waals surface area contributed by atoms with Crippen molar-refractivity contribution in [1.82, 2.24) is 5.43 Å². The molecule has 1 aliphatic heterocycles. The Kier molecular flexibility index (Phi) is 5.32. The van der Waals surface area contributed by atoms with Crippen LogP contribution < -0.4 is 10.3 Å². The van der Waals surface area contributed by atoms with Gasteiger partial charge in [0, 0.05) is 12.1 Å². The fraction of sp³-hybridized carbons (Fsp3) is 0.167. The fourth-order valence-electron chi connectivity index (χ4n) is 2.66. The maximum atomic E-state index is 12.6. The van der Waals surface area contributed by atoms with Gasteiger partial charge < -0.3 is 5.11 Å². The Morgan fingerprint density at radius 3 is 2.68 bits per heavy atom. The van der Waals surface area contributed by atoms with Crippen LogP contribution in [0.15, 0.2) is 47.6 Å². The first kappa shape index (κ1) is 19.4. The largest absolute Gasteiger partial charge is 0.507 e. The molecule has 9 nitrogen and oxygen atoms in total. The lowest BCUT2D eigenvalue weighted by atomic mass is 10.1. The van der Waals surface area contributed by atoms with E-state index in [4.69, 9.17) is 0 Å². The van der Waals surface area contributed by atoms with Crippen molar-refractivity contribution in [2.45, 2.75) is 19.1 Å². The molecule has 10 heteroatoms. The molecule has 0 aromatic heterocycles. The van der Waals surface area contributed by atoms with Crippen molar-refractivity contribution in [2.24, 2.45) is 5.10 Å². The van der Waals surface area contributed by atoms with Gasteiger partial charge in [0.15, 0.2) is 5.17 Å². The minimum Gasteiger partial charge on any atom is -0.507 e. The predicted octanol–water partition coefficient (Wildman–Crippen LogP) is 2.78. The van der Waals surface area contributed by atoms with Crippen molar-refractivity contribution < 1.29 is 19.6 Å². The molecule has 0 aliphatic carbocycles. The lowest BCUT2D eigenvalue weighted by Gasteiger charge is -2.18. The van der Waals surface area contributed by atoms with Crippen molar-refractivity contribution in [3.63, 3.8) is 0 Å². The minimum atomic E-state index is -0.626. The molecule has 1 unspecified atom stereocenters. The number of thioether (sulfide) groups is 1. The third kappa shape index (κ3) is 3.67. The smallest absolute Gasteiger partial charge is 0.275 e. The van der Waals surface area contributed by atoms with Crippen LogP contribution >= 0.6 is 11.8 Å². The number of rotatable bonds is 4. The second-order valence-corrected chi connectivity index (χ2v) is 7.32. The number of hydrazone groups is 1. The molecule has 28 heavy (non-hydrogen) atoms. The number of para-hydroxylation sites is 1. The number of nitro benzene ring substituents is 1. The van der Waals surface area contributed by atoms with Crippen LogP contribution in [0.1, 0.15) is 22.8 Å². The number of carbonyl (C=O) groups excluding carboxylic acids is 2. The molecule has 1 heterocycles. The van der Waals surface area contributed by atoms with Crippen LogP contribution in [0.5, 0.6) is 5.75 Å². The van der Waals surface area contributed by atoms with Crippen LogP contribution in [0.4, 0.5) is 11.4 Å². The Morgan fingerprint density at radius 2 is 2.04 bits per heavy atom. The first-order valence-electron chi connectivity index (χ1n) is 8.21. The molecular formula is C18H16N4O5S. The summed E-state index contributed by atoms with van der Waals surface area (Å²) in [5, 5.41) is 24.5. The molecule has 0 spiro atoms. The molecule has 3 rings (SSSR count). The molecule has 0 saturated carbocycles. The molecule has 1 saturated heterocycles. The number of amides is 2. The van der Waals surface area contributed by atoms with Crippen LogP contribution in [-0.2, 0) is 4.79 Å². The standard InChI is InChI=1S/C18H16N4O5S/c1-10-9-12(22(26)27)7-8-14(10)21-17(25)11(2)28-18(21)20-19-16(24)13-5-3-4-6-15(13)23/h3-9,11,23H,1-2H3,(H,19,24)/b20-18+. The number of nitrogens with zero attached hydrogens (tertiary/aromatic N) is 3. The van der Waals surface area contributed by atoms with E-state index in [1.807, 2.05) is 0 Å². The number of benzene rings is 2. The molecule has 1 atom stereocenters. The molecule has 2 aromatic carbocycles. The van der Waals surface area contributed by atoms with Gasteiger partial charge in [0.1, 0.15) is 5.75 Å². The zero-order valence-electron chi connectivity index (χ0n) is 14.9. The van der Waals surface area contributed by atoms with E-state index in [2.05, 4.69) is 10.5 Å². The molecule has 2 aromatic rings. The Balaban J connectivity index is 1.91. The molecule has 2 amide bonds. The number of nitrogens with one attached hydrogen (secondary N) is 1. The van der Waals surface area contributed by atoms with Crippen molar-refractivity contribution in [1.29, 1.82) is 0 Å². The second-order valence-electron chi connectivity index (χ2n) is 6.01. The average Bonchev–Trinajstić information content (AvgIpc) is 2.94. The van der Waals surface area contributed by atoms with Crippen molar-refractivity contribution in [2.75, 3.05) is 4.90 Å². The summed E-state index contributed by atoms with van der Waals surface area (Å²) in [6, 6.07) is 10.2. The van der Waals surface area contributed by atoms with Gasteiger partial charge in [0.05, 0.1) is 21.4 Å². The quantitative estimate of drug-likeness (QED) is 0.600. The van der Waals surface area contributed by atoms with Crippen molar-refractivity contribution in [3.8, 4) is 5.75 Å². The number of phenols is 1. The Morgan fingerprint density at radius 1 is 1.32 bits per heavy atom. The topological polar surface area (TPSA) is 125 Å². The number of nitro groups is 1. The molecule has 2 N–H and O–H groups in total. The molecular weight excluding hydrogens is 384 g/mol. The second kappa shape index (κ2) is 7.69. The summed E-state index contributed by atoms with van der Waals surface area (Å²) in [6.07, 6.45) is 0. The highest BCUT2D eigenvalue weighted by atomic mass is 32.2. The summed E-state index contributed by atoms with van der Waals surface area (Å²) in [6.45, 7) is 3.36. The van der Waals surface area contributed by atoms with Crippen LogP contribution in [-0.4, -0.2) is 32.3 Å². The van der Waals surface area contributed by atoms with Gasteiger partial charge in [-0.2, -0.15) is 0 Å². The van der Waals surface area contributed by atoms with Gasteiger partial charge in [-0.15, -0.1) is 5.10 Å². The van der Waals surface area contributed by atoms with E-state index < -0.39 is 16.1 Å². The first-order valence-corrected chi connectivity index (χ1v) is 9.09. The maximum Gasteiger partial charge on any atom is 0.275 e. The first-order chi connectivity index (χ1) is 13.3. The zero-order chi connectivity index (χ0) is 20.4. The molecule has 0 bridgehead atoms. The molecule has 1 fully saturated rings. The van der Waals surface area contributed by atoms with Gasteiger partial charge in [-0.1, -0.05) is 23.9 Å². The number of aryl methyl sites for hydroxylation is 1. The van der Waals surface area contributed by atoms with Crippen LogP contribution in [0, 0.1) is 17.0 Å². The Labute approximate surface area is 164 Å². The summed E-state index contributed by atoms with van der Waals surface area (Å²) in [7, 11) is 0. The van der Waals surface area contributed by atoms with E-state index in [-0.39, 0.29) is 28.1 Å². The van der Waals surface area contributed by atoms with Crippen LogP contribution in [0.3, 0.4) is 0 Å². The van der Waals surface area contributed by atoms with E-state index in [0.717, 1.165) is 11.8 Å². The van der Waals surface area contributed by atoms with E-state index >= 15 is 0 Å². The fourth-order valence-corrected chi connectivity index (χ4v) is 3.58. The Bertz CT molecular complexity index is 1010. The normalized spacial score (nSPS) is 17.8. The summed E-state index contributed by atoms with van der Waals surface area (Å²) in [4.78, 5) is 36.6. The summed E-state index contributed by atoms with van der Waals surface area (Å²) >= 11 is 1.15. The molecule has 0 radical (unpaired) electrons. The number of aromatic hydroxyl groups is 1. The SMILES string of the molecule is Cc1cc([N+](=O)[O-])ccc1N1C(=O)C(C)S/C1=N/NC(=O)c1ccccc1O. The number of hydrogen-bond donors (Lipinski definition) is 2. The van der Waals surface area contributed by atoms with Gasteiger partial charge in [0.25, 0.3) is 11.6 Å². The van der Waals surface area contributed by atoms with Crippen molar-refractivity contribution in [3.05, 3.63) is 63.7 Å². The van der Waals surface area contributed by atoms with Gasteiger partial charge in [-0.25, -0.2) is 5.43 Å². The lowest BCUT2D eigenvalue weighted by Crippen LogP contribution is -2.33. The summed E-state index contributed by atoms with van der Waals surface area (Å²) in [5.41, 5.74) is 3.27. The number of amidine groups is 1. The summed E-state index contributed by atoms with van der Waals surface area (Å²) < 4.78 is 0. The predicted molar refractivity (Wildman–Crippen MR) is 105 cm³/mol. The van der Waals surface area contributed by atoms with Crippen molar-refractivity contribution >= 4 is 40.1 Å². The molecule has 1 aliphatic rings. The van der Waals surface area contributed by atoms with E-state index in [0.29, 0.717) is 11.3 Å². The lowest BCUT2D eigenvalue weighted by molar-refractivity contribution is -0.384.